The van der Waals surface area contributed by atoms with Crippen LogP contribution in [0.2, 0.25) is 5.02 Å². The summed E-state index contributed by atoms with van der Waals surface area (Å²) in [6.45, 7) is 0.727. The molecule has 2 rings (SSSR count). The zero-order valence-electron chi connectivity index (χ0n) is 10.7. The SMILES string of the molecule is CN(C)c1ccccc1NCc1ccccc1Cl. The van der Waals surface area contributed by atoms with Crippen molar-refractivity contribution in [3.05, 3.63) is 59.1 Å². The van der Waals surface area contributed by atoms with Crippen molar-refractivity contribution in [1.82, 2.24) is 0 Å². The lowest BCUT2D eigenvalue weighted by atomic mass is 10.2. The minimum Gasteiger partial charge on any atom is -0.379 e. The molecule has 2 aromatic rings. The maximum absolute atomic E-state index is 6.14. The Hall–Kier alpha value is -1.67. The average Bonchev–Trinajstić information content (AvgIpc) is 2.38. The molecular weight excluding hydrogens is 244 g/mol. The van der Waals surface area contributed by atoms with Crippen LogP contribution in [-0.4, -0.2) is 14.1 Å². The Morgan fingerprint density at radius 2 is 1.67 bits per heavy atom. The van der Waals surface area contributed by atoms with E-state index in [9.17, 15) is 0 Å². The molecule has 0 aliphatic heterocycles. The van der Waals surface area contributed by atoms with Crippen LogP contribution in [-0.2, 0) is 6.54 Å². The normalized spacial score (nSPS) is 10.2. The van der Waals surface area contributed by atoms with Crippen LogP contribution in [0.15, 0.2) is 48.5 Å². The number of halogens is 1. The summed E-state index contributed by atoms with van der Waals surface area (Å²) in [5, 5.41) is 4.22. The van der Waals surface area contributed by atoms with Crippen molar-refractivity contribution in [1.29, 1.82) is 0 Å². The fourth-order valence-electron chi connectivity index (χ4n) is 1.85. The quantitative estimate of drug-likeness (QED) is 0.893. The number of nitrogens with one attached hydrogen (secondary N) is 1. The van der Waals surface area contributed by atoms with Crippen LogP contribution in [0.1, 0.15) is 5.56 Å². The van der Waals surface area contributed by atoms with E-state index >= 15 is 0 Å². The van der Waals surface area contributed by atoms with Crippen LogP contribution in [0.3, 0.4) is 0 Å². The highest BCUT2D eigenvalue weighted by Gasteiger charge is 2.04. The number of rotatable bonds is 4. The molecule has 0 unspecified atom stereocenters. The largest absolute Gasteiger partial charge is 0.379 e. The van der Waals surface area contributed by atoms with Gasteiger partial charge in [-0.2, -0.15) is 0 Å². The van der Waals surface area contributed by atoms with E-state index in [-0.39, 0.29) is 0 Å². The molecule has 0 atom stereocenters. The molecule has 0 spiro atoms. The van der Waals surface area contributed by atoms with E-state index in [0.717, 1.165) is 22.8 Å². The predicted molar refractivity (Wildman–Crippen MR) is 79.5 cm³/mol. The molecule has 0 saturated heterocycles. The zero-order valence-corrected chi connectivity index (χ0v) is 11.4. The first-order valence-corrected chi connectivity index (χ1v) is 6.30. The van der Waals surface area contributed by atoms with Gasteiger partial charge < -0.3 is 10.2 Å². The van der Waals surface area contributed by atoms with Gasteiger partial charge in [0.1, 0.15) is 0 Å². The van der Waals surface area contributed by atoms with E-state index in [1.54, 1.807) is 0 Å². The van der Waals surface area contributed by atoms with E-state index in [2.05, 4.69) is 22.3 Å². The number of nitrogens with zero attached hydrogens (tertiary/aromatic N) is 1. The van der Waals surface area contributed by atoms with E-state index in [1.165, 1.54) is 5.69 Å². The second-order valence-corrected chi connectivity index (χ2v) is 4.76. The Balaban J connectivity index is 2.14. The molecule has 0 saturated carbocycles. The van der Waals surface area contributed by atoms with E-state index < -0.39 is 0 Å². The van der Waals surface area contributed by atoms with Crippen LogP contribution < -0.4 is 10.2 Å². The number of hydrogen-bond donors (Lipinski definition) is 1. The van der Waals surface area contributed by atoms with Gasteiger partial charge in [0.15, 0.2) is 0 Å². The molecule has 3 heteroatoms. The van der Waals surface area contributed by atoms with Gasteiger partial charge in [0.25, 0.3) is 0 Å². The lowest BCUT2D eigenvalue weighted by Crippen LogP contribution is -2.12. The van der Waals surface area contributed by atoms with Gasteiger partial charge in [-0.15, -0.1) is 0 Å². The molecule has 94 valence electrons. The zero-order chi connectivity index (χ0) is 13.0. The van der Waals surface area contributed by atoms with Crippen molar-refractivity contribution in [2.24, 2.45) is 0 Å². The molecular formula is C15H17ClN2. The lowest BCUT2D eigenvalue weighted by Gasteiger charge is -2.18. The maximum Gasteiger partial charge on any atom is 0.0596 e. The molecule has 0 heterocycles. The number of para-hydroxylation sites is 2. The summed E-state index contributed by atoms with van der Waals surface area (Å²) in [6.07, 6.45) is 0. The average molecular weight is 261 g/mol. The first kappa shape index (κ1) is 12.8. The van der Waals surface area contributed by atoms with Crippen LogP contribution >= 0.6 is 11.6 Å². The second kappa shape index (κ2) is 5.78. The summed E-state index contributed by atoms with van der Waals surface area (Å²) in [4.78, 5) is 2.09. The van der Waals surface area contributed by atoms with Gasteiger partial charge in [0.2, 0.25) is 0 Å². The van der Waals surface area contributed by atoms with Crippen molar-refractivity contribution in [2.75, 3.05) is 24.3 Å². The highest BCUT2D eigenvalue weighted by atomic mass is 35.5. The summed E-state index contributed by atoms with van der Waals surface area (Å²) in [6, 6.07) is 16.1. The van der Waals surface area contributed by atoms with E-state index in [1.807, 2.05) is 50.5 Å². The number of hydrogen-bond acceptors (Lipinski definition) is 2. The van der Waals surface area contributed by atoms with Crippen molar-refractivity contribution in [3.63, 3.8) is 0 Å². The highest BCUT2D eigenvalue weighted by Crippen LogP contribution is 2.25. The van der Waals surface area contributed by atoms with Gasteiger partial charge in [0.05, 0.1) is 11.4 Å². The molecule has 0 radical (unpaired) electrons. The molecule has 0 aliphatic carbocycles. The second-order valence-electron chi connectivity index (χ2n) is 4.36. The minimum atomic E-state index is 0.727. The van der Waals surface area contributed by atoms with Gasteiger partial charge in [-0.1, -0.05) is 41.9 Å². The summed E-state index contributed by atoms with van der Waals surface area (Å²) >= 11 is 6.14. The van der Waals surface area contributed by atoms with Gasteiger partial charge in [-0.25, -0.2) is 0 Å². The predicted octanol–water partition coefficient (Wildman–Crippen LogP) is 4.02. The summed E-state index contributed by atoms with van der Waals surface area (Å²) in [5.41, 5.74) is 3.39. The standard InChI is InChI=1S/C15H17ClN2/c1-18(2)15-10-6-5-9-14(15)17-11-12-7-3-4-8-13(12)16/h3-10,17H,11H2,1-2H3. The Kier molecular flexibility index (Phi) is 4.11. The third kappa shape index (κ3) is 2.96. The minimum absolute atomic E-state index is 0.727. The monoisotopic (exact) mass is 260 g/mol. The molecule has 18 heavy (non-hydrogen) atoms. The molecule has 2 nitrogen and oxygen atoms in total. The van der Waals surface area contributed by atoms with Gasteiger partial charge >= 0.3 is 0 Å². The summed E-state index contributed by atoms with van der Waals surface area (Å²) in [5.74, 6) is 0. The highest BCUT2D eigenvalue weighted by molar-refractivity contribution is 6.31. The van der Waals surface area contributed by atoms with E-state index in [4.69, 9.17) is 11.6 Å². The van der Waals surface area contributed by atoms with Crippen molar-refractivity contribution >= 4 is 23.0 Å². The lowest BCUT2D eigenvalue weighted by molar-refractivity contribution is 1.10. The molecule has 0 aromatic heterocycles. The Bertz CT molecular complexity index is 523. The number of benzene rings is 2. The number of anilines is 2. The smallest absolute Gasteiger partial charge is 0.0596 e. The van der Waals surface area contributed by atoms with Gasteiger partial charge in [-0.3, -0.25) is 0 Å². The Labute approximate surface area is 113 Å². The Morgan fingerprint density at radius 3 is 2.39 bits per heavy atom. The van der Waals surface area contributed by atoms with E-state index in [0.29, 0.717) is 0 Å². The molecule has 0 bridgehead atoms. The maximum atomic E-state index is 6.14. The van der Waals surface area contributed by atoms with Crippen LogP contribution in [0.4, 0.5) is 11.4 Å². The van der Waals surface area contributed by atoms with Gasteiger partial charge in [-0.05, 0) is 23.8 Å². The van der Waals surface area contributed by atoms with Crippen molar-refractivity contribution in [3.8, 4) is 0 Å². The first-order valence-electron chi connectivity index (χ1n) is 5.92. The Morgan fingerprint density at radius 1 is 1.00 bits per heavy atom. The van der Waals surface area contributed by atoms with Crippen LogP contribution in [0.25, 0.3) is 0 Å². The molecule has 0 fully saturated rings. The molecule has 2 aromatic carbocycles. The van der Waals surface area contributed by atoms with Crippen LogP contribution in [0, 0.1) is 0 Å². The summed E-state index contributed by atoms with van der Waals surface area (Å²) in [7, 11) is 4.08. The molecule has 0 aliphatic rings. The molecule has 1 N–H and O–H groups in total. The van der Waals surface area contributed by atoms with Crippen molar-refractivity contribution in [2.45, 2.75) is 6.54 Å². The fraction of sp³-hybridized carbons (Fsp3) is 0.200. The third-order valence-corrected chi connectivity index (χ3v) is 3.18. The topological polar surface area (TPSA) is 15.3 Å². The third-order valence-electron chi connectivity index (χ3n) is 2.81. The van der Waals surface area contributed by atoms with Crippen molar-refractivity contribution < 1.29 is 0 Å². The fourth-order valence-corrected chi connectivity index (χ4v) is 2.05. The molecule has 0 amide bonds. The van der Waals surface area contributed by atoms with Crippen LogP contribution in [0.5, 0.6) is 0 Å². The summed E-state index contributed by atoms with van der Waals surface area (Å²) < 4.78 is 0. The first-order chi connectivity index (χ1) is 8.68. The van der Waals surface area contributed by atoms with Gasteiger partial charge in [0, 0.05) is 25.7 Å².